The van der Waals surface area contributed by atoms with E-state index in [0.29, 0.717) is 5.02 Å². The molecule has 1 aromatic carbocycles. The first-order valence-electron chi connectivity index (χ1n) is 6.24. The van der Waals surface area contributed by atoms with Gasteiger partial charge in [-0.25, -0.2) is 0 Å². The molecule has 1 aliphatic rings. The average molecular weight is 252 g/mol. The van der Waals surface area contributed by atoms with Crippen LogP contribution in [0.2, 0.25) is 5.02 Å². The minimum atomic E-state index is -0.0151. The van der Waals surface area contributed by atoms with E-state index in [1.54, 1.807) is 24.3 Å². The van der Waals surface area contributed by atoms with E-state index in [1.165, 1.54) is 6.42 Å². The van der Waals surface area contributed by atoms with Gasteiger partial charge in [-0.2, -0.15) is 0 Å². The summed E-state index contributed by atoms with van der Waals surface area (Å²) in [6.45, 7) is 0. The van der Waals surface area contributed by atoms with Gasteiger partial charge < -0.3 is 5.73 Å². The SMILES string of the molecule is NC1CCCCCC1C(=O)c1ccc(Cl)cc1. The lowest BCUT2D eigenvalue weighted by Gasteiger charge is -2.19. The molecule has 0 heterocycles. The maximum Gasteiger partial charge on any atom is 0.167 e. The highest BCUT2D eigenvalue weighted by molar-refractivity contribution is 6.30. The van der Waals surface area contributed by atoms with E-state index in [-0.39, 0.29) is 17.7 Å². The summed E-state index contributed by atoms with van der Waals surface area (Å²) >= 11 is 5.82. The van der Waals surface area contributed by atoms with Crippen LogP contribution in [0.15, 0.2) is 24.3 Å². The van der Waals surface area contributed by atoms with Crippen molar-refractivity contribution in [3.63, 3.8) is 0 Å². The smallest absolute Gasteiger partial charge is 0.167 e. The van der Waals surface area contributed by atoms with Crippen LogP contribution in [-0.4, -0.2) is 11.8 Å². The lowest BCUT2D eigenvalue weighted by Crippen LogP contribution is -2.34. The van der Waals surface area contributed by atoms with Crippen LogP contribution in [0.4, 0.5) is 0 Å². The summed E-state index contributed by atoms with van der Waals surface area (Å²) in [6.07, 6.45) is 5.33. The number of carbonyl (C=O) groups excluding carboxylic acids is 1. The molecule has 1 aromatic rings. The Morgan fingerprint density at radius 2 is 1.76 bits per heavy atom. The first-order chi connectivity index (χ1) is 8.18. The quantitative estimate of drug-likeness (QED) is 0.646. The molecule has 2 unspecified atom stereocenters. The number of hydrogen-bond acceptors (Lipinski definition) is 2. The third-order valence-corrected chi connectivity index (χ3v) is 3.79. The van der Waals surface area contributed by atoms with Crippen molar-refractivity contribution in [3.05, 3.63) is 34.9 Å². The van der Waals surface area contributed by atoms with Crippen LogP contribution in [0.1, 0.15) is 42.5 Å². The third-order valence-electron chi connectivity index (χ3n) is 3.53. The van der Waals surface area contributed by atoms with Gasteiger partial charge in [0, 0.05) is 22.5 Å². The summed E-state index contributed by atoms with van der Waals surface area (Å²) in [7, 11) is 0. The van der Waals surface area contributed by atoms with E-state index in [9.17, 15) is 4.79 Å². The van der Waals surface area contributed by atoms with Gasteiger partial charge in [-0.3, -0.25) is 4.79 Å². The zero-order valence-electron chi connectivity index (χ0n) is 9.86. The van der Waals surface area contributed by atoms with E-state index >= 15 is 0 Å². The largest absolute Gasteiger partial charge is 0.327 e. The second kappa shape index (κ2) is 5.65. The summed E-state index contributed by atoms with van der Waals surface area (Å²) in [6, 6.07) is 7.12. The van der Waals surface area contributed by atoms with Crippen molar-refractivity contribution in [3.8, 4) is 0 Å². The molecule has 0 radical (unpaired) electrons. The molecule has 17 heavy (non-hydrogen) atoms. The van der Waals surface area contributed by atoms with Gasteiger partial charge >= 0.3 is 0 Å². The fraction of sp³-hybridized carbons (Fsp3) is 0.500. The van der Waals surface area contributed by atoms with Gasteiger partial charge in [0.05, 0.1) is 0 Å². The fourth-order valence-corrected chi connectivity index (χ4v) is 2.62. The predicted molar refractivity (Wildman–Crippen MR) is 70.3 cm³/mol. The Morgan fingerprint density at radius 3 is 2.47 bits per heavy atom. The molecular formula is C14H18ClNO. The van der Waals surface area contributed by atoms with E-state index in [2.05, 4.69) is 0 Å². The zero-order valence-corrected chi connectivity index (χ0v) is 10.6. The van der Waals surface area contributed by atoms with Crippen LogP contribution in [0.3, 0.4) is 0 Å². The number of halogens is 1. The molecule has 1 aliphatic carbocycles. The van der Waals surface area contributed by atoms with Crippen molar-refractivity contribution in [2.75, 3.05) is 0 Å². The van der Waals surface area contributed by atoms with Gasteiger partial charge in [0.25, 0.3) is 0 Å². The fourth-order valence-electron chi connectivity index (χ4n) is 2.49. The Kier molecular flexibility index (Phi) is 4.19. The van der Waals surface area contributed by atoms with E-state index in [4.69, 9.17) is 17.3 Å². The molecule has 3 heteroatoms. The Bertz CT molecular complexity index is 388. The number of carbonyl (C=O) groups is 1. The highest BCUT2D eigenvalue weighted by Crippen LogP contribution is 2.25. The van der Waals surface area contributed by atoms with Gasteiger partial charge in [0.1, 0.15) is 0 Å². The molecule has 0 amide bonds. The normalized spacial score (nSPS) is 25.3. The molecule has 1 saturated carbocycles. The van der Waals surface area contributed by atoms with Crippen molar-refractivity contribution in [2.24, 2.45) is 11.7 Å². The minimum absolute atomic E-state index is 0.0145. The monoisotopic (exact) mass is 251 g/mol. The van der Waals surface area contributed by atoms with Gasteiger partial charge in [-0.05, 0) is 37.1 Å². The van der Waals surface area contributed by atoms with Crippen LogP contribution >= 0.6 is 11.6 Å². The maximum absolute atomic E-state index is 12.4. The van der Waals surface area contributed by atoms with Crippen LogP contribution in [0.25, 0.3) is 0 Å². The molecule has 0 aliphatic heterocycles. The second-order valence-corrected chi connectivity index (χ2v) is 5.22. The second-order valence-electron chi connectivity index (χ2n) is 4.78. The summed E-state index contributed by atoms with van der Waals surface area (Å²) < 4.78 is 0. The van der Waals surface area contributed by atoms with Crippen molar-refractivity contribution in [1.29, 1.82) is 0 Å². The van der Waals surface area contributed by atoms with Crippen LogP contribution in [-0.2, 0) is 0 Å². The maximum atomic E-state index is 12.4. The van der Waals surface area contributed by atoms with E-state index < -0.39 is 0 Å². The third kappa shape index (κ3) is 3.08. The van der Waals surface area contributed by atoms with E-state index in [0.717, 1.165) is 31.2 Å². The number of hydrogen-bond donors (Lipinski definition) is 1. The molecule has 2 nitrogen and oxygen atoms in total. The lowest BCUT2D eigenvalue weighted by atomic mass is 9.88. The summed E-state index contributed by atoms with van der Waals surface area (Å²) in [5.41, 5.74) is 6.83. The average Bonchev–Trinajstić information content (AvgIpc) is 2.54. The lowest BCUT2D eigenvalue weighted by molar-refractivity contribution is 0.0895. The van der Waals surface area contributed by atoms with Crippen molar-refractivity contribution < 1.29 is 4.79 Å². The molecule has 2 N–H and O–H groups in total. The Morgan fingerprint density at radius 1 is 1.12 bits per heavy atom. The first-order valence-corrected chi connectivity index (χ1v) is 6.61. The van der Waals surface area contributed by atoms with Crippen LogP contribution in [0.5, 0.6) is 0 Å². The van der Waals surface area contributed by atoms with Crippen LogP contribution in [0, 0.1) is 5.92 Å². The molecule has 0 saturated heterocycles. The van der Waals surface area contributed by atoms with Gasteiger partial charge in [0.15, 0.2) is 5.78 Å². The molecule has 2 atom stereocenters. The molecule has 2 rings (SSSR count). The summed E-state index contributed by atoms with van der Waals surface area (Å²) in [4.78, 5) is 12.4. The Balaban J connectivity index is 2.15. The van der Waals surface area contributed by atoms with Crippen molar-refractivity contribution in [2.45, 2.75) is 38.1 Å². The Labute approximate surface area is 107 Å². The number of benzene rings is 1. The summed E-state index contributed by atoms with van der Waals surface area (Å²) in [5.74, 6) is 0.162. The van der Waals surface area contributed by atoms with E-state index in [1.807, 2.05) is 0 Å². The molecule has 1 fully saturated rings. The highest BCUT2D eigenvalue weighted by Gasteiger charge is 2.27. The minimum Gasteiger partial charge on any atom is -0.327 e. The van der Waals surface area contributed by atoms with Gasteiger partial charge in [-0.15, -0.1) is 0 Å². The number of nitrogens with two attached hydrogens (primary N) is 1. The predicted octanol–water partition coefficient (Wildman–Crippen LogP) is 3.43. The summed E-state index contributed by atoms with van der Waals surface area (Å²) in [5, 5.41) is 0.659. The Hall–Kier alpha value is -0.860. The van der Waals surface area contributed by atoms with Gasteiger partial charge in [-0.1, -0.05) is 30.9 Å². The number of ketones is 1. The van der Waals surface area contributed by atoms with Gasteiger partial charge in [0.2, 0.25) is 0 Å². The molecule has 0 bridgehead atoms. The standard InChI is InChI=1S/C14H18ClNO/c15-11-8-6-10(7-9-11)14(17)12-4-2-1-3-5-13(12)16/h6-9,12-13H,1-5,16H2. The van der Waals surface area contributed by atoms with Crippen molar-refractivity contribution >= 4 is 17.4 Å². The molecule has 0 aromatic heterocycles. The number of rotatable bonds is 2. The number of Topliss-reactive ketones (excluding diaryl/α,β-unsaturated/α-hetero) is 1. The molecular weight excluding hydrogens is 234 g/mol. The van der Waals surface area contributed by atoms with Crippen molar-refractivity contribution in [1.82, 2.24) is 0 Å². The molecule has 0 spiro atoms. The highest BCUT2D eigenvalue weighted by atomic mass is 35.5. The topological polar surface area (TPSA) is 43.1 Å². The van der Waals surface area contributed by atoms with Crippen LogP contribution < -0.4 is 5.73 Å². The zero-order chi connectivity index (χ0) is 12.3. The first kappa shape index (κ1) is 12.6. The molecule has 92 valence electrons.